The van der Waals surface area contributed by atoms with E-state index in [0.717, 1.165) is 35.9 Å². The van der Waals surface area contributed by atoms with Gasteiger partial charge in [0.05, 0.1) is 10.9 Å². The van der Waals surface area contributed by atoms with Gasteiger partial charge < -0.3 is 10.3 Å². The van der Waals surface area contributed by atoms with Crippen LogP contribution in [0, 0.1) is 19.8 Å². The number of unbranched alkanes of at least 4 members (excludes halogenated alkanes) is 1. The van der Waals surface area contributed by atoms with Gasteiger partial charge in [-0.2, -0.15) is 0 Å². The molecule has 0 fully saturated rings. The summed E-state index contributed by atoms with van der Waals surface area (Å²) in [7, 11) is 0. The monoisotopic (exact) mass is 326 g/mol. The first-order chi connectivity index (χ1) is 10.3. The molecule has 22 heavy (non-hydrogen) atoms. The number of aromatic nitrogens is 2. The van der Waals surface area contributed by atoms with Crippen LogP contribution in [0.2, 0.25) is 0 Å². The molecule has 1 atom stereocenters. The quantitative estimate of drug-likeness (QED) is 0.754. The average Bonchev–Trinajstić information content (AvgIpc) is 2.67. The smallest absolute Gasteiger partial charge is 0.318 e. The normalized spacial score (nSPS) is 12.5. The second-order valence-electron chi connectivity index (χ2n) is 5.71. The van der Waals surface area contributed by atoms with E-state index in [9.17, 15) is 9.59 Å². The predicted octanol–water partition coefficient (Wildman–Crippen LogP) is 2.61. The van der Waals surface area contributed by atoms with Crippen LogP contribution in [0.15, 0.2) is 5.16 Å². The van der Waals surface area contributed by atoms with E-state index in [-0.39, 0.29) is 11.8 Å². The molecule has 0 aromatic carbocycles. The van der Waals surface area contributed by atoms with Gasteiger partial charge in [0.2, 0.25) is 5.91 Å². The first-order valence-corrected chi connectivity index (χ1v) is 8.46. The van der Waals surface area contributed by atoms with E-state index < -0.39 is 11.3 Å². The number of imidazole rings is 1. The minimum absolute atomic E-state index is 0.0567. The van der Waals surface area contributed by atoms with Gasteiger partial charge in [-0.1, -0.05) is 39.0 Å². The Bertz CT molecular complexity index is 540. The Kier molecular flexibility index (Phi) is 6.93. The molecular formula is C15H26N4O2S. The van der Waals surface area contributed by atoms with Crippen molar-refractivity contribution in [1.82, 2.24) is 14.9 Å². The van der Waals surface area contributed by atoms with Crippen molar-refractivity contribution in [2.75, 3.05) is 0 Å². The zero-order valence-corrected chi connectivity index (χ0v) is 14.8. The van der Waals surface area contributed by atoms with Crippen molar-refractivity contribution in [2.24, 2.45) is 11.7 Å². The highest BCUT2D eigenvalue weighted by Crippen LogP contribution is 2.29. The number of hydrogen-bond donors (Lipinski definition) is 2. The first-order valence-electron chi connectivity index (χ1n) is 7.58. The van der Waals surface area contributed by atoms with Gasteiger partial charge in [0.1, 0.15) is 0 Å². The summed E-state index contributed by atoms with van der Waals surface area (Å²) in [5.41, 5.74) is 7.14. The molecule has 1 unspecified atom stereocenters. The Morgan fingerprint density at radius 3 is 2.50 bits per heavy atom. The fourth-order valence-corrected chi connectivity index (χ4v) is 3.30. The van der Waals surface area contributed by atoms with E-state index in [0.29, 0.717) is 0 Å². The molecule has 124 valence electrons. The lowest BCUT2D eigenvalue weighted by atomic mass is 10.1. The molecule has 3 amide bonds. The molecule has 0 aliphatic carbocycles. The van der Waals surface area contributed by atoms with Crippen molar-refractivity contribution in [3.63, 3.8) is 0 Å². The molecule has 6 nitrogen and oxygen atoms in total. The molecule has 1 heterocycles. The number of primary amides is 1. The van der Waals surface area contributed by atoms with E-state index in [1.54, 1.807) is 0 Å². The molecule has 1 rings (SSSR count). The summed E-state index contributed by atoms with van der Waals surface area (Å²) in [6, 6.07) is -0.821. The zero-order valence-electron chi connectivity index (χ0n) is 14.0. The molecule has 0 saturated heterocycles. The second-order valence-corrected chi connectivity index (χ2v) is 6.82. The molecule has 0 radical (unpaired) electrons. The molecule has 1 aromatic rings. The van der Waals surface area contributed by atoms with Crippen LogP contribution in [0.4, 0.5) is 4.79 Å². The van der Waals surface area contributed by atoms with Gasteiger partial charge in [-0.25, -0.2) is 9.78 Å². The number of thioether (sulfide) groups is 1. The van der Waals surface area contributed by atoms with Crippen molar-refractivity contribution in [3.05, 3.63) is 11.4 Å². The van der Waals surface area contributed by atoms with E-state index in [1.807, 2.05) is 27.7 Å². The number of hydrogen-bond acceptors (Lipinski definition) is 4. The third kappa shape index (κ3) is 4.76. The van der Waals surface area contributed by atoms with Crippen molar-refractivity contribution >= 4 is 23.7 Å². The van der Waals surface area contributed by atoms with Crippen molar-refractivity contribution in [2.45, 2.75) is 64.4 Å². The number of aryl methyl sites for hydroxylation is 1. The Hall–Kier alpha value is -1.50. The third-order valence-electron chi connectivity index (χ3n) is 3.50. The first kappa shape index (κ1) is 18.5. The fourth-order valence-electron chi connectivity index (χ4n) is 2.09. The van der Waals surface area contributed by atoms with Gasteiger partial charge in [0.25, 0.3) is 0 Å². The zero-order chi connectivity index (χ0) is 16.9. The standard InChI is InChI=1S/C15H26N4O2S/c1-6-7-8-19-11(5)10(4)17-15(19)22-12(9(2)3)13(20)18-14(16)21/h9,12H,6-8H2,1-5H3,(H3,16,18,20,21). The van der Waals surface area contributed by atoms with Gasteiger partial charge in [-0.3, -0.25) is 10.1 Å². The number of urea groups is 1. The summed E-state index contributed by atoms with van der Waals surface area (Å²) in [4.78, 5) is 27.6. The van der Waals surface area contributed by atoms with Crippen LogP contribution < -0.4 is 11.1 Å². The number of nitrogens with one attached hydrogen (secondary N) is 1. The lowest BCUT2D eigenvalue weighted by Gasteiger charge is -2.19. The van der Waals surface area contributed by atoms with Crippen LogP contribution in [0.3, 0.4) is 0 Å². The molecule has 0 saturated carbocycles. The lowest BCUT2D eigenvalue weighted by molar-refractivity contribution is -0.120. The predicted molar refractivity (Wildman–Crippen MR) is 88.8 cm³/mol. The average molecular weight is 326 g/mol. The van der Waals surface area contributed by atoms with Gasteiger partial charge in [-0.05, 0) is 26.2 Å². The second kappa shape index (κ2) is 8.22. The minimum Gasteiger partial charge on any atom is -0.351 e. The highest BCUT2D eigenvalue weighted by atomic mass is 32.2. The lowest BCUT2D eigenvalue weighted by Crippen LogP contribution is -2.42. The molecule has 0 spiro atoms. The topological polar surface area (TPSA) is 90.0 Å². The van der Waals surface area contributed by atoms with Crippen LogP contribution in [0.5, 0.6) is 0 Å². The molecule has 3 N–H and O–H groups in total. The Balaban J connectivity index is 3.00. The fraction of sp³-hybridized carbons (Fsp3) is 0.667. The van der Waals surface area contributed by atoms with Gasteiger partial charge in [-0.15, -0.1) is 0 Å². The maximum atomic E-state index is 12.1. The number of nitrogens with zero attached hydrogens (tertiary/aromatic N) is 2. The summed E-state index contributed by atoms with van der Waals surface area (Å²) in [6.07, 6.45) is 2.15. The number of rotatable bonds is 7. The summed E-state index contributed by atoms with van der Waals surface area (Å²) in [5.74, 6) is -0.311. The maximum absolute atomic E-state index is 12.1. The molecule has 0 bridgehead atoms. The Morgan fingerprint density at radius 2 is 2.00 bits per heavy atom. The van der Waals surface area contributed by atoms with Crippen LogP contribution in [0.25, 0.3) is 0 Å². The number of carbonyl (C=O) groups is 2. The van der Waals surface area contributed by atoms with Gasteiger partial charge >= 0.3 is 6.03 Å². The minimum atomic E-state index is -0.821. The molecule has 0 aliphatic heterocycles. The number of amides is 3. The van der Waals surface area contributed by atoms with E-state index in [2.05, 4.69) is 21.8 Å². The van der Waals surface area contributed by atoms with Crippen molar-refractivity contribution < 1.29 is 9.59 Å². The third-order valence-corrected chi connectivity index (χ3v) is 5.04. The summed E-state index contributed by atoms with van der Waals surface area (Å²) < 4.78 is 2.15. The van der Waals surface area contributed by atoms with E-state index >= 15 is 0 Å². The Labute approximate surface area is 136 Å². The molecule has 0 aliphatic rings. The van der Waals surface area contributed by atoms with Crippen LogP contribution in [0.1, 0.15) is 45.0 Å². The SMILES string of the molecule is CCCCn1c(SC(C(=O)NC(N)=O)C(C)C)nc(C)c1C. The molecule has 1 aromatic heterocycles. The largest absolute Gasteiger partial charge is 0.351 e. The highest BCUT2D eigenvalue weighted by molar-refractivity contribution is 8.00. The number of imide groups is 1. The Morgan fingerprint density at radius 1 is 1.36 bits per heavy atom. The molecule has 7 heteroatoms. The van der Waals surface area contributed by atoms with Crippen molar-refractivity contribution in [3.8, 4) is 0 Å². The molecular weight excluding hydrogens is 300 g/mol. The van der Waals surface area contributed by atoms with Crippen LogP contribution in [-0.4, -0.2) is 26.7 Å². The van der Waals surface area contributed by atoms with E-state index in [1.165, 1.54) is 11.8 Å². The van der Waals surface area contributed by atoms with Gasteiger partial charge in [0, 0.05) is 12.2 Å². The maximum Gasteiger partial charge on any atom is 0.318 e. The highest BCUT2D eigenvalue weighted by Gasteiger charge is 2.27. The summed E-state index contributed by atoms with van der Waals surface area (Å²) >= 11 is 1.39. The van der Waals surface area contributed by atoms with Gasteiger partial charge in [0.15, 0.2) is 5.16 Å². The summed E-state index contributed by atoms with van der Waals surface area (Å²) in [5, 5.41) is 2.58. The van der Waals surface area contributed by atoms with Crippen molar-refractivity contribution in [1.29, 1.82) is 0 Å². The van der Waals surface area contributed by atoms with Crippen LogP contribution >= 0.6 is 11.8 Å². The van der Waals surface area contributed by atoms with Crippen LogP contribution in [-0.2, 0) is 11.3 Å². The summed E-state index contributed by atoms with van der Waals surface area (Å²) in [6.45, 7) is 10.9. The number of nitrogens with two attached hydrogens (primary N) is 1. The van der Waals surface area contributed by atoms with E-state index in [4.69, 9.17) is 5.73 Å². The number of carbonyl (C=O) groups excluding carboxylic acids is 2.